The Morgan fingerprint density at radius 1 is 1.17 bits per heavy atom. The van der Waals surface area contributed by atoms with Gasteiger partial charge in [0, 0.05) is 5.92 Å². The van der Waals surface area contributed by atoms with Gasteiger partial charge in [-0.2, -0.15) is 0 Å². The number of esters is 2. The Balaban J connectivity index is 1.52. The van der Waals surface area contributed by atoms with Crippen molar-refractivity contribution >= 4 is 11.9 Å². The number of carbonyl (C=O) groups is 2. The molecule has 5 heteroatoms. The molecular formula is C18H20O5. The molecule has 3 fully saturated rings. The van der Waals surface area contributed by atoms with Gasteiger partial charge in [-0.3, -0.25) is 9.59 Å². The molecule has 0 N–H and O–H groups in total. The quantitative estimate of drug-likeness (QED) is 0.630. The van der Waals surface area contributed by atoms with Crippen LogP contribution < -0.4 is 0 Å². The predicted molar refractivity (Wildman–Crippen MR) is 80.1 cm³/mol. The third-order valence-corrected chi connectivity index (χ3v) is 5.44. The van der Waals surface area contributed by atoms with Gasteiger partial charge in [-0.05, 0) is 18.4 Å². The largest absolute Gasteiger partial charge is 0.462 e. The van der Waals surface area contributed by atoms with Crippen LogP contribution in [0.15, 0.2) is 30.3 Å². The highest BCUT2D eigenvalue weighted by Gasteiger charge is 2.67. The minimum atomic E-state index is -0.353. The molecule has 2 heterocycles. The van der Waals surface area contributed by atoms with Crippen LogP contribution in [0.4, 0.5) is 0 Å². The van der Waals surface area contributed by atoms with Crippen LogP contribution in [0.3, 0.4) is 0 Å². The molecule has 122 valence electrons. The second kappa shape index (κ2) is 5.34. The monoisotopic (exact) mass is 316 g/mol. The van der Waals surface area contributed by atoms with E-state index in [9.17, 15) is 9.59 Å². The molecule has 1 aliphatic carbocycles. The van der Waals surface area contributed by atoms with Crippen molar-refractivity contribution in [2.24, 2.45) is 23.7 Å². The van der Waals surface area contributed by atoms with Crippen molar-refractivity contribution < 1.29 is 23.8 Å². The molecule has 1 aromatic carbocycles. The third-order valence-electron chi connectivity index (χ3n) is 5.44. The lowest BCUT2D eigenvalue weighted by Crippen LogP contribution is -2.45. The Kier molecular flexibility index (Phi) is 3.41. The summed E-state index contributed by atoms with van der Waals surface area (Å²) >= 11 is 0. The normalized spacial score (nSPS) is 40.8. The maximum atomic E-state index is 12.7. The molecule has 0 amide bonds. The van der Waals surface area contributed by atoms with Crippen LogP contribution >= 0.6 is 0 Å². The molecule has 7 atom stereocenters. The number of epoxide rings is 1. The van der Waals surface area contributed by atoms with Gasteiger partial charge in [0.05, 0.1) is 24.0 Å². The predicted octanol–water partition coefficient (Wildman–Crippen LogP) is 1.94. The number of cyclic esters (lactones) is 1. The summed E-state index contributed by atoms with van der Waals surface area (Å²) in [4.78, 5) is 24.8. The van der Waals surface area contributed by atoms with Crippen LogP contribution in [0.25, 0.3) is 0 Å². The van der Waals surface area contributed by atoms with Crippen LogP contribution in [-0.4, -0.2) is 30.3 Å². The van der Waals surface area contributed by atoms with Gasteiger partial charge in [-0.25, -0.2) is 0 Å². The van der Waals surface area contributed by atoms with E-state index in [-0.39, 0.29) is 60.5 Å². The van der Waals surface area contributed by atoms with Crippen molar-refractivity contribution in [1.29, 1.82) is 0 Å². The van der Waals surface area contributed by atoms with Crippen LogP contribution in [0, 0.1) is 23.7 Å². The van der Waals surface area contributed by atoms with Gasteiger partial charge in [0.15, 0.2) is 0 Å². The summed E-state index contributed by atoms with van der Waals surface area (Å²) in [5.41, 5.74) is 0.952. The first kappa shape index (κ1) is 14.7. The maximum Gasteiger partial charge on any atom is 0.312 e. The molecule has 0 unspecified atom stereocenters. The molecule has 3 aliphatic rings. The molecule has 1 aromatic rings. The zero-order valence-corrected chi connectivity index (χ0v) is 13.2. The fourth-order valence-corrected chi connectivity index (χ4v) is 4.26. The summed E-state index contributed by atoms with van der Waals surface area (Å²) in [6.45, 7) is 4.11. The molecular weight excluding hydrogens is 296 g/mol. The van der Waals surface area contributed by atoms with Crippen molar-refractivity contribution in [3.05, 3.63) is 35.9 Å². The summed E-state index contributed by atoms with van der Waals surface area (Å²) in [6.07, 6.45) is -0.372. The summed E-state index contributed by atoms with van der Waals surface area (Å²) in [7, 11) is 0. The number of rotatable bonds is 3. The van der Waals surface area contributed by atoms with E-state index in [0.29, 0.717) is 0 Å². The first-order valence-electron chi connectivity index (χ1n) is 8.14. The van der Waals surface area contributed by atoms with Gasteiger partial charge in [0.2, 0.25) is 0 Å². The van der Waals surface area contributed by atoms with E-state index < -0.39 is 0 Å². The van der Waals surface area contributed by atoms with Crippen LogP contribution in [0.2, 0.25) is 0 Å². The number of benzene rings is 1. The Morgan fingerprint density at radius 3 is 2.65 bits per heavy atom. The highest BCUT2D eigenvalue weighted by molar-refractivity contribution is 5.81. The molecule has 2 aliphatic heterocycles. The van der Waals surface area contributed by atoms with Crippen LogP contribution in [-0.2, 0) is 30.4 Å². The standard InChI is InChI=1S/C18H20O5/c1-9-12(17(19)21-8-11-6-4-3-5-7-11)13-10(2)22-18(20)14(13)16-15(9)23-16/h3-7,9-10,12-16H,8H2,1-2H3/t9-,10+,12-,13-,14-,15-,16+/m0/s1. The Bertz CT molecular complexity index is 628. The summed E-state index contributed by atoms with van der Waals surface area (Å²) in [5.74, 6) is -1.27. The van der Waals surface area contributed by atoms with Crippen LogP contribution in [0.1, 0.15) is 19.4 Å². The highest BCUT2D eigenvalue weighted by Crippen LogP contribution is 2.54. The Hall–Kier alpha value is -1.88. The van der Waals surface area contributed by atoms with Crippen molar-refractivity contribution in [2.45, 2.75) is 38.8 Å². The lowest BCUT2D eigenvalue weighted by atomic mass is 9.66. The zero-order valence-electron chi connectivity index (χ0n) is 13.2. The van der Waals surface area contributed by atoms with E-state index in [2.05, 4.69) is 0 Å². The Labute approximate surface area is 134 Å². The second-order valence-corrected chi connectivity index (χ2v) is 6.79. The fourth-order valence-electron chi connectivity index (χ4n) is 4.26. The van der Waals surface area contributed by atoms with Crippen molar-refractivity contribution in [1.82, 2.24) is 0 Å². The summed E-state index contributed by atoms with van der Waals surface area (Å²) < 4.78 is 16.6. The lowest BCUT2D eigenvalue weighted by molar-refractivity contribution is -0.156. The fraction of sp³-hybridized carbons (Fsp3) is 0.556. The van der Waals surface area contributed by atoms with Gasteiger partial charge >= 0.3 is 11.9 Å². The average Bonchev–Trinajstić information content (AvgIpc) is 3.28. The van der Waals surface area contributed by atoms with Crippen molar-refractivity contribution in [3.8, 4) is 0 Å². The molecule has 4 rings (SSSR count). The van der Waals surface area contributed by atoms with E-state index in [4.69, 9.17) is 14.2 Å². The molecule has 0 radical (unpaired) electrons. The smallest absolute Gasteiger partial charge is 0.312 e. The average molecular weight is 316 g/mol. The number of carbonyl (C=O) groups excluding carboxylic acids is 2. The van der Waals surface area contributed by atoms with Gasteiger partial charge in [-0.15, -0.1) is 0 Å². The SMILES string of the molecule is C[C@@H]1[C@@H]2O[C@@H]2[C@H]2C(=O)O[C@H](C)[C@H]2[C@H]1C(=O)OCc1ccccc1. The topological polar surface area (TPSA) is 65.1 Å². The minimum absolute atomic E-state index is 0.0247. The van der Waals surface area contributed by atoms with Gasteiger partial charge < -0.3 is 14.2 Å². The van der Waals surface area contributed by atoms with E-state index in [1.807, 2.05) is 44.2 Å². The minimum Gasteiger partial charge on any atom is -0.462 e. The lowest BCUT2D eigenvalue weighted by Gasteiger charge is -2.33. The van der Waals surface area contributed by atoms with Crippen LogP contribution in [0.5, 0.6) is 0 Å². The number of hydrogen-bond acceptors (Lipinski definition) is 5. The maximum absolute atomic E-state index is 12.7. The summed E-state index contributed by atoms with van der Waals surface area (Å²) in [5, 5.41) is 0. The zero-order chi connectivity index (χ0) is 16.1. The number of hydrogen-bond donors (Lipinski definition) is 0. The second-order valence-electron chi connectivity index (χ2n) is 6.79. The molecule has 5 nitrogen and oxygen atoms in total. The third kappa shape index (κ3) is 2.34. The number of fused-ring (bicyclic) bond motifs is 3. The summed E-state index contributed by atoms with van der Waals surface area (Å²) in [6, 6.07) is 9.59. The number of ether oxygens (including phenoxy) is 3. The molecule has 23 heavy (non-hydrogen) atoms. The van der Waals surface area contributed by atoms with Gasteiger partial charge in [-0.1, -0.05) is 37.3 Å². The molecule has 2 saturated heterocycles. The van der Waals surface area contributed by atoms with Gasteiger partial charge in [0.1, 0.15) is 12.7 Å². The van der Waals surface area contributed by atoms with E-state index in [0.717, 1.165) is 5.56 Å². The van der Waals surface area contributed by atoms with Gasteiger partial charge in [0.25, 0.3) is 0 Å². The van der Waals surface area contributed by atoms with Crippen molar-refractivity contribution in [2.75, 3.05) is 0 Å². The molecule has 0 spiro atoms. The first-order valence-corrected chi connectivity index (χ1v) is 8.14. The van der Waals surface area contributed by atoms with Crippen molar-refractivity contribution in [3.63, 3.8) is 0 Å². The molecule has 0 bridgehead atoms. The molecule has 1 saturated carbocycles. The van der Waals surface area contributed by atoms with E-state index >= 15 is 0 Å². The Morgan fingerprint density at radius 2 is 1.91 bits per heavy atom. The highest BCUT2D eigenvalue weighted by atomic mass is 16.6. The van der Waals surface area contributed by atoms with E-state index in [1.54, 1.807) is 0 Å². The van der Waals surface area contributed by atoms with E-state index in [1.165, 1.54) is 0 Å². The molecule has 0 aromatic heterocycles. The first-order chi connectivity index (χ1) is 11.1.